The molecule has 0 fully saturated rings. The number of rotatable bonds is 0. The van der Waals surface area contributed by atoms with Gasteiger partial charge in [0, 0.05) is 5.92 Å². The molecule has 0 bridgehead atoms. The maximum atomic E-state index is 2.47. The van der Waals surface area contributed by atoms with Crippen molar-refractivity contribution < 1.29 is 0 Å². The second kappa shape index (κ2) is 4.48. The second-order valence-electron chi connectivity index (χ2n) is 7.33. The highest BCUT2D eigenvalue weighted by atomic mass is 14.4. The van der Waals surface area contributed by atoms with Crippen LogP contribution in [-0.2, 0) is 19.3 Å². The average Bonchev–Trinajstić information content (AvgIpc) is 3.07. The lowest BCUT2D eigenvalue weighted by atomic mass is 9.67. The molecule has 3 aromatic rings. The molecule has 0 heteroatoms. The molecule has 0 nitrogen and oxygen atoms in total. The summed E-state index contributed by atoms with van der Waals surface area (Å²) in [5.41, 5.74) is 13.6. The van der Waals surface area contributed by atoms with E-state index in [-0.39, 0.29) is 0 Å². The van der Waals surface area contributed by atoms with E-state index in [1.54, 1.807) is 5.56 Å². The Kier molecular flexibility index (Phi) is 2.38. The first-order valence-corrected chi connectivity index (χ1v) is 8.89. The zero-order valence-electron chi connectivity index (χ0n) is 13.5. The van der Waals surface area contributed by atoms with Crippen molar-refractivity contribution in [3.05, 3.63) is 111 Å². The Hall–Kier alpha value is -2.60. The van der Waals surface area contributed by atoms with Gasteiger partial charge in [-0.25, -0.2) is 0 Å². The van der Waals surface area contributed by atoms with E-state index in [1.807, 2.05) is 0 Å². The molecule has 24 heavy (non-hydrogen) atoms. The van der Waals surface area contributed by atoms with Gasteiger partial charge in [-0.2, -0.15) is 0 Å². The molecular formula is C24H18. The van der Waals surface area contributed by atoms with E-state index in [4.69, 9.17) is 0 Å². The summed E-state index contributed by atoms with van der Waals surface area (Å²) < 4.78 is 0. The SMILES string of the molecule is C1=Cc2cc3c(cc2C1)Cc1cccc2c1C3c1ccccc1C2. The van der Waals surface area contributed by atoms with Gasteiger partial charge in [-0.3, -0.25) is 0 Å². The predicted octanol–water partition coefficient (Wildman–Crippen LogP) is 5.24. The van der Waals surface area contributed by atoms with Gasteiger partial charge in [0.15, 0.2) is 0 Å². The number of hydrogen-bond acceptors (Lipinski definition) is 0. The van der Waals surface area contributed by atoms with Gasteiger partial charge in [0.2, 0.25) is 0 Å². The molecule has 1 unspecified atom stereocenters. The van der Waals surface area contributed by atoms with Gasteiger partial charge in [-0.05, 0) is 69.3 Å². The quantitative estimate of drug-likeness (QED) is 0.367. The van der Waals surface area contributed by atoms with Crippen LogP contribution in [0.1, 0.15) is 56.0 Å². The fourth-order valence-electron chi connectivity index (χ4n) is 5.01. The molecule has 1 atom stereocenters. The van der Waals surface area contributed by atoms with Crippen molar-refractivity contribution in [2.75, 3.05) is 0 Å². The Labute approximate surface area is 142 Å². The number of fused-ring (bicyclic) bond motifs is 5. The van der Waals surface area contributed by atoms with E-state index >= 15 is 0 Å². The number of allylic oxidation sites excluding steroid dienone is 1. The lowest BCUT2D eigenvalue weighted by Gasteiger charge is -2.36. The smallest absolute Gasteiger partial charge is 0.0351 e. The van der Waals surface area contributed by atoms with Gasteiger partial charge in [-0.1, -0.05) is 66.7 Å². The molecule has 0 saturated carbocycles. The van der Waals surface area contributed by atoms with Crippen molar-refractivity contribution in [2.45, 2.75) is 25.2 Å². The van der Waals surface area contributed by atoms with E-state index < -0.39 is 0 Å². The largest absolute Gasteiger partial charge is 0.0795 e. The predicted molar refractivity (Wildman–Crippen MR) is 98.6 cm³/mol. The molecule has 0 heterocycles. The van der Waals surface area contributed by atoms with Crippen LogP contribution in [0.5, 0.6) is 0 Å². The van der Waals surface area contributed by atoms with Crippen molar-refractivity contribution in [2.24, 2.45) is 0 Å². The molecule has 6 rings (SSSR count). The monoisotopic (exact) mass is 306 g/mol. The molecule has 0 spiro atoms. The van der Waals surface area contributed by atoms with Gasteiger partial charge >= 0.3 is 0 Å². The normalized spacial score (nSPS) is 18.6. The summed E-state index contributed by atoms with van der Waals surface area (Å²) >= 11 is 0. The van der Waals surface area contributed by atoms with Gasteiger partial charge in [0.25, 0.3) is 0 Å². The van der Waals surface area contributed by atoms with Gasteiger partial charge < -0.3 is 0 Å². The molecule has 3 aromatic carbocycles. The molecule has 0 radical (unpaired) electrons. The first-order chi connectivity index (χ1) is 11.9. The maximum Gasteiger partial charge on any atom is 0.0351 e. The maximum absolute atomic E-state index is 2.47. The summed E-state index contributed by atoms with van der Waals surface area (Å²) in [6, 6.07) is 20.9. The minimum absolute atomic E-state index is 0.421. The Morgan fingerprint density at radius 3 is 2.38 bits per heavy atom. The molecule has 0 amide bonds. The van der Waals surface area contributed by atoms with Crippen LogP contribution in [0.4, 0.5) is 0 Å². The van der Waals surface area contributed by atoms with E-state index in [0.29, 0.717) is 5.92 Å². The number of hydrogen-bond donors (Lipinski definition) is 0. The van der Waals surface area contributed by atoms with Crippen LogP contribution in [0.2, 0.25) is 0 Å². The molecule has 0 aliphatic heterocycles. The van der Waals surface area contributed by atoms with Crippen LogP contribution in [0.25, 0.3) is 6.08 Å². The van der Waals surface area contributed by atoms with E-state index in [0.717, 1.165) is 19.3 Å². The molecule has 0 saturated heterocycles. The first-order valence-electron chi connectivity index (χ1n) is 8.89. The third-order valence-electron chi connectivity index (χ3n) is 6.05. The summed E-state index contributed by atoms with van der Waals surface area (Å²) in [5, 5.41) is 0. The minimum Gasteiger partial charge on any atom is -0.0795 e. The van der Waals surface area contributed by atoms with Crippen LogP contribution in [0.15, 0.2) is 60.7 Å². The van der Waals surface area contributed by atoms with Crippen LogP contribution >= 0.6 is 0 Å². The zero-order chi connectivity index (χ0) is 15.7. The minimum atomic E-state index is 0.421. The summed E-state index contributed by atoms with van der Waals surface area (Å²) in [7, 11) is 0. The van der Waals surface area contributed by atoms with Crippen LogP contribution in [0, 0.1) is 0 Å². The summed E-state index contributed by atoms with van der Waals surface area (Å²) in [4.78, 5) is 0. The molecule has 3 aliphatic rings. The highest BCUT2D eigenvalue weighted by Gasteiger charge is 2.33. The van der Waals surface area contributed by atoms with E-state index in [2.05, 4.69) is 66.7 Å². The summed E-state index contributed by atoms with van der Waals surface area (Å²) in [6.45, 7) is 0. The molecular weight excluding hydrogens is 288 g/mol. The Morgan fingerprint density at radius 2 is 1.46 bits per heavy atom. The highest BCUT2D eigenvalue weighted by Crippen LogP contribution is 2.48. The van der Waals surface area contributed by atoms with Gasteiger partial charge in [-0.15, -0.1) is 0 Å². The first kappa shape index (κ1) is 12.8. The van der Waals surface area contributed by atoms with Crippen molar-refractivity contribution in [3.63, 3.8) is 0 Å². The van der Waals surface area contributed by atoms with Crippen LogP contribution in [-0.4, -0.2) is 0 Å². The zero-order valence-corrected chi connectivity index (χ0v) is 13.5. The van der Waals surface area contributed by atoms with Gasteiger partial charge in [0.05, 0.1) is 0 Å². The van der Waals surface area contributed by atoms with Crippen molar-refractivity contribution in [1.29, 1.82) is 0 Å². The fraction of sp³-hybridized carbons (Fsp3) is 0.167. The lowest BCUT2D eigenvalue weighted by molar-refractivity contribution is 0.823. The third kappa shape index (κ3) is 1.58. The molecule has 0 aromatic heterocycles. The van der Waals surface area contributed by atoms with Crippen molar-refractivity contribution in [3.8, 4) is 0 Å². The molecule has 3 aliphatic carbocycles. The summed E-state index contributed by atoms with van der Waals surface area (Å²) in [6.07, 6.45) is 7.85. The van der Waals surface area contributed by atoms with E-state index in [9.17, 15) is 0 Å². The van der Waals surface area contributed by atoms with Crippen LogP contribution in [0.3, 0.4) is 0 Å². The van der Waals surface area contributed by atoms with Gasteiger partial charge in [0.1, 0.15) is 0 Å². The second-order valence-corrected chi connectivity index (χ2v) is 7.33. The Bertz CT molecular complexity index is 1040. The molecule has 0 N–H and O–H groups in total. The topological polar surface area (TPSA) is 0 Å². The average molecular weight is 306 g/mol. The highest BCUT2D eigenvalue weighted by molar-refractivity contribution is 5.68. The molecule has 114 valence electrons. The standard InChI is InChI=1S/C24H18/c1-2-10-21-17(5-1)12-18-8-4-9-19-13-20-11-15-6-3-7-16(15)14-22(20)24(21)23(18)19/h1-5,7-11,14,24H,6,12-13H2. The Balaban J connectivity index is 1.69. The van der Waals surface area contributed by atoms with Crippen LogP contribution < -0.4 is 0 Å². The summed E-state index contributed by atoms with van der Waals surface area (Å²) in [5.74, 6) is 0.421. The van der Waals surface area contributed by atoms with Crippen molar-refractivity contribution in [1.82, 2.24) is 0 Å². The Morgan fingerprint density at radius 1 is 0.667 bits per heavy atom. The van der Waals surface area contributed by atoms with Crippen molar-refractivity contribution >= 4 is 6.08 Å². The van der Waals surface area contributed by atoms with E-state index in [1.165, 1.54) is 44.5 Å². The third-order valence-corrected chi connectivity index (χ3v) is 6.05. The number of benzene rings is 3. The fourth-order valence-corrected chi connectivity index (χ4v) is 5.01. The lowest BCUT2D eigenvalue weighted by Crippen LogP contribution is -2.22.